The average Bonchev–Trinajstić information content (AvgIpc) is 2.61. The molecule has 0 spiro atoms. The molecule has 146 valence electrons. The molecule has 0 aliphatic carbocycles. The zero-order valence-corrected chi connectivity index (χ0v) is 17.6. The van der Waals surface area contributed by atoms with Crippen molar-refractivity contribution in [1.29, 1.82) is 0 Å². The highest BCUT2D eigenvalue weighted by molar-refractivity contribution is 7.92. The van der Waals surface area contributed by atoms with E-state index in [1.54, 1.807) is 25.1 Å². The van der Waals surface area contributed by atoms with Crippen LogP contribution in [-0.2, 0) is 21.2 Å². The number of nitrogens with zero attached hydrogens (tertiary/aromatic N) is 1. The van der Waals surface area contributed by atoms with Crippen LogP contribution >= 0.6 is 11.6 Å². The van der Waals surface area contributed by atoms with E-state index < -0.39 is 16.1 Å². The van der Waals surface area contributed by atoms with Gasteiger partial charge in [0.15, 0.2) is 0 Å². The minimum atomic E-state index is -3.70. The van der Waals surface area contributed by atoms with Crippen LogP contribution in [0.5, 0.6) is 0 Å². The lowest BCUT2D eigenvalue weighted by molar-refractivity contribution is -0.117. The first-order chi connectivity index (χ1) is 12.7. The van der Waals surface area contributed by atoms with Gasteiger partial charge in [-0.05, 0) is 49.1 Å². The zero-order valence-electron chi connectivity index (χ0n) is 16.0. The third kappa shape index (κ3) is 5.02. The van der Waals surface area contributed by atoms with Crippen LogP contribution in [0.2, 0.25) is 5.02 Å². The molecule has 1 atom stereocenters. The molecular formula is C20H25ClN2O3S. The largest absolute Gasteiger partial charge is 0.324 e. The Labute approximate surface area is 166 Å². The highest BCUT2D eigenvalue weighted by Gasteiger charge is 2.32. The van der Waals surface area contributed by atoms with E-state index in [1.165, 1.54) is 0 Å². The summed E-state index contributed by atoms with van der Waals surface area (Å²) in [4.78, 5) is 13.0. The summed E-state index contributed by atoms with van der Waals surface area (Å²) in [5, 5.41) is 3.33. The summed E-state index contributed by atoms with van der Waals surface area (Å²) in [5.74, 6) is -0.375. The van der Waals surface area contributed by atoms with Gasteiger partial charge in [-0.3, -0.25) is 9.10 Å². The van der Waals surface area contributed by atoms with Crippen molar-refractivity contribution < 1.29 is 13.2 Å². The maximum atomic E-state index is 13.0. The second-order valence-electron chi connectivity index (χ2n) is 6.42. The van der Waals surface area contributed by atoms with Crippen molar-refractivity contribution in [3.05, 3.63) is 58.6 Å². The van der Waals surface area contributed by atoms with Gasteiger partial charge in [-0.1, -0.05) is 49.7 Å². The van der Waals surface area contributed by atoms with Gasteiger partial charge in [-0.25, -0.2) is 8.42 Å². The van der Waals surface area contributed by atoms with Crippen LogP contribution in [0.4, 0.5) is 11.4 Å². The molecule has 2 rings (SSSR count). The number of carbonyl (C=O) groups is 1. The number of rotatable bonds is 7. The van der Waals surface area contributed by atoms with Crippen LogP contribution in [0, 0.1) is 6.92 Å². The molecule has 0 heterocycles. The first kappa shape index (κ1) is 21.3. The zero-order chi connectivity index (χ0) is 20.2. The minimum Gasteiger partial charge on any atom is -0.324 e. The maximum absolute atomic E-state index is 13.0. The summed E-state index contributed by atoms with van der Waals surface area (Å²) >= 11 is 6.18. The number of nitrogens with one attached hydrogen (secondary N) is 1. The molecule has 7 heteroatoms. The fourth-order valence-corrected chi connectivity index (χ4v) is 4.32. The molecule has 27 heavy (non-hydrogen) atoms. The predicted molar refractivity (Wildman–Crippen MR) is 112 cm³/mol. The highest BCUT2D eigenvalue weighted by Crippen LogP contribution is 2.28. The molecule has 0 aliphatic rings. The number of carbonyl (C=O) groups excluding carboxylic acids is 1. The minimum absolute atomic E-state index is 0.318. The quantitative estimate of drug-likeness (QED) is 0.738. The molecule has 0 fully saturated rings. The number of halogens is 1. The van der Waals surface area contributed by atoms with Gasteiger partial charge < -0.3 is 5.32 Å². The number of hydrogen-bond acceptors (Lipinski definition) is 3. The number of hydrogen-bond donors (Lipinski definition) is 1. The van der Waals surface area contributed by atoms with E-state index in [-0.39, 0.29) is 5.91 Å². The van der Waals surface area contributed by atoms with Crippen molar-refractivity contribution in [2.24, 2.45) is 0 Å². The Morgan fingerprint density at radius 2 is 1.85 bits per heavy atom. The van der Waals surface area contributed by atoms with Gasteiger partial charge in [0.1, 0.15) is 6.04 Å². The van der Waals surface area contributed by atoms with E-state index in [1.807, 2.05) is 38.1 Å². The maximum Gasteiger partial charge on any atom is 0.248 e. The molecule has 1 amide bonds. The monoisotopic (exact) mass is 408 g/mol. The Kier molecular flexibility index (Phi) is 6.89. The number of benzene rings is 2. The molecule has 1 unspecified atom stereocenters. The van der Waals surface area contributed by atoms with Gasteiger partial charge in [0, 0.05) is 10.7 Å². The number of para-hydroxylation sites is 1. The van der Waals surface area contributed by atoms with Crippen molar-refractivity contribution >= 4 is 38.9 Å². The lowest BCUT2D eigenvalue weighted by atomic mass is 10.1. The highest BCUT2D eigenvalue weighted by atomic mass is 35.5. The number of sulfonamides is 1. The van der Waals surface area contributed by atoms with E-state index >= 15 is 0 Å². The molecule has 0 saturated carbocycles. The molecular weight excluding hydrogens is 384 g/mol. The summed E-state index contributed by atoms with van der Waals surface area (Å²) in [7, 11) is -3.70. The average molecular weight is 409 g/mol. The summed E-state index contributed by atoms with van der Waals surface area (Å²) in [6, 6.07) is 11.6. The Bertz CT molecular complexity index is 929. The van der Waals surface area contributed by atoms with Gasteiger partial charge in [-0.2, -0.15) is 0 Å². The van der Waals surface area contributed by atoms with E-state index in [9.17, 15) is 13.2 Å². The van der Waals surface area contributed by atoms with Crippen LogP contribution in [0.25, 0.3) is 0 Å². The first-order valence-corrected chi connectivity index (χ1v) is 11.1. The third-order valence-electron chi connectivity index (χ3n) is 4.40. The molecule has 0 saturated heterocycles. The Hall–Kier alpha value is -2.05. The van der Waals surface area contributed by atoms with Gasteiger partial charge >= 0.3 is 0 Å². The molecule has 0 bridgehead atoms. The predicted octanol–water partition coefficient (Wildman–Crippen LogP) is 4.39. The van der Waals surface area contributed by atoms with Gasteiger partial charge in [0.05, 0.1) is 11.9 Å². The standard InChI is InChI=1S/C20H25ClN2O3S/c1-5-15-9-7-8-10-18(15)22-20(24)19(6-2)23(27(4,25)26)16-12-11-14(3)17(21)13-16/h7-13,19H,5-6H2,1-4H3,(H,22,24). The summed E-state index contributed by atoms with van der Waals surface area (Å²) in [6.07, 6.45) is 2.17. The molecule has 0 aromatic heterocycles. The second kappa shape index (κ2) is 8.76. The van der Waals surface area contributed by atoms with Crippen LogP contribution in [0.15, 0.2) is 42.5 Å². The van der Waals surface area contributed by atoms with Gasteiger partial charge in [0.2, 0.25) is 15.9 Å². The number of anilines is 2. The van der Waals surface area contributed by atoms with Crippen molar-refractivity contribution in [3.8, 4) is 0 Å². The van der Waals surface area contributed by atoms with Crippen molar-refractivity contribution in [2.45, 2.75) is 39.7 Å². The van der Waals surface area contributed by atoms with Crippen LogP contribution < -0.4 is 9.62 Å². The summed E-state index contributed by atoms with van der Waals surface area (Å²) in [6.45, 7) is 5.62. The van der Waals surface area contributed by atoms with Crippen molar-refractivity contribution in [3.63, 3.8) is 0 Å². The normalized spacial score (nSPS) is 12.5. The second-order valence-corrected chi connectivity index (χ2v) is 8.68. The van der Waals surface area contributed by atoms with Gasteiger partial charge in [0.25, 0.3) is 0 Å². The van der Waals surface area contributed by atoms with Crippen LogP contribution in [0.3, 0.4) is 0 Å². The molecule has 2 aromatic rings. The third-order valence-corrected chi connectivity index (χ3v) is 5.98. The van der Waals surface area contributed by atoms with E-state index in [4.69, 9.17) is 11.6 Å². The Balaban J connectivity index is 2.43. The fourth-order valence-electron chi connectivity index (χ4n) is 2.95. The van der Waals surface area contributed by atoms with Crippen LogP contribution in [-0.4, -0.2) is 26.6 Å². The van der Waals surface area contributed by atoms with E-state index in [0.29, 0.717) is 22.8 Å². The Morgan fingerprint density at radius 3 is 2.41 bits per heavy atom. The lowest BCUT2D eigenvalue weighted by Crippen LogP contribution is -2.47. The smallest absolute Gasteiger partial charge is 0.248 e. The summed E-state index contributed by atoms with van der Waals surface area (Å²) in [5.41, 5.74) is 2.89. The molecule has 2 aromatic carbocycles. The summed E-state index contributed by atoms with van der Waals surface area (Å²) < 4.78 is 26.2. The fraction of sp³-hybridized carbons (Fsp3) is 0.350. The SMILES string of the molecule is CCc1ccccc1NC(=O)C(CC)N(c1ccc(C)c(Cl)c1)S(C)(=O)=O. The van der Waals surface area contributed by atoms with E-state index in [0.717, 1.165) is 28.1 Å². The number of amides is 1. The van der Waals surface area contributed by atoms with Crippen molar-refractivity contribution in [1.82, 2.24) is 0 Å². The molecule has 0 radical (unpaired) electrons. The topological polar surface area (TPSA) is 66.5 Å². The molecule has 5 nitrogen and oxygen atoms in total. The Morgan fingerprint density at radius 1 is 1.19 bits per heavy atom. The lowest BCUT2D eigenvalue weighted by Gasteiger charge is -2.30. The van der Waals surface area contributed by atoms with Gasteiger partial charge in [-0.15, -0.1) is 0 Å². The molecule has 1 N–H and O–H groups in total. The van der Waals surface area contributed by atoms with Crippen LogP contribution in [0.1, 0.15) is 31.4 Å². The molecule has 0 aliphatic heterocycles. The number of aryl methyl sites for hydroxylation is 2. The van der Waals surface area contributed by atoms with Crippen molar-refractivity contribution in [2.75, 3.05) is 15.9 Å². The first-order valence-electron chi connectivity index (χ1n) is 8.83. The van der Waals surface area contributed by atoms with E-state index in [2.05, 4.69) is 5.32 Å².